The number of anilines is 2. The highest BCUT2D eigenvalue weighted by molar-refractivity contribution is 5.93. The molecule has 7 nitrogen and oxygen atoms in total. The number of aromatic nitrogens is 2. The number of amides is 1. The first-order valence-corrected chi connectivity index (χ1v) is 10.7. The van der Waals surface area contributed by atoms with Gasteiger partial charge in [0.25, 0.3) is 0 Å². The Morgan fingerprint density at radius 2 is 2.25 bits per heavy atom. The summed E-state index contributed by atoms with van der Waals surface area (Å²) in [5.41, 5.74) is 3.20. The molecular formula is C25H27N5O2. The van der Waals surface area contributed by atoms with Gasteiger partial charge in [0, 0.05) is 42.0 Å². The summed E-state index contributed by atoms with van der Waals surface area (Å²) < 4.78 is 6.02. The van der Waals surface area contributed by atoms with E-state index in [-0.39, 0.29) is 5.91 Å². The van der Waals surface area contributed by atoms with Crippen molar-refractivity contribution in [2.75, 3.05) is 25.5 Å². The molecule has 0 unspecified atom stereocenters. The van der Waals surface area contributed by atoms with Crippen LogP contribution < -0.4 is 5.32 Å². The summed E-state index contributed by atoms with van der Waals surface area (Å²) in [7, 11) is 2.04. The molecule has 1 amide bonds. The summed E-state index contributed by atoms with van der Waals surface area (Å²) >= 11 is 0. The highest BCUT2D eigenvalue weighted by Gasteiger charge is 2.27. The highest BCUT2D eigenvalue weighted by atomic mass is 16.3. The van der Waals surface area contributed by atoms with Crippen LogP contribution in [0.15, 0.2) is 47.2 Å². The Balaban J connectivity index is 1.54. The first kappa shape index (κ1) is 21.6. The van der Waals surface area contributed by atoms with Crippen molar-refractivity contribution in [1.29, 1.82) is 0 Å². The van der Waals surface area contributed by atoms with E-state index in [1.54, 1.807) is 11.0 Å². The van der Waals surface area contributed by atoms with E-state index >= 15 is 0 Å². The van der Waals surface area contributed by atoms with Gasteiger partial charge in [-0.15, -0.1) is 6.42 Å². The molecule has 1 N–H and O–H groups in total. The van der Waals surface area contributed by atoms with Gasteiger partial charge in [0.15, 0.2) is 0 Å². The minimum Gasteiger partial charge on any atom is -0.440 e. The number of hydrogen-bond acceptors (Lipinski definition) is 6. The van der Waals surface area contributed by atoms with E-state index in [9.17, 15) is 4.79 Å². The second-order valence-corrected chi connectivity index (χ2v) is 8.20. The highest BCUT2D eigenvalue weighted by Crippen LogP contribution is 2.34. The van der Waals surface area contributed by atoms with Gasteiger partial charge in [-0.1, -0.05) is 18.1 Å². The monoisotopic (exact) mass is 429 g/mol. The fraction of sp³-hybridized carbons (Fsp3) is 0.320. The van der Waals surface area contributed by atoms with Gasteiger partial charge in [0.1, 0.15) is 17.9 Å². The van der Waals surface area contributed by atoms with Crippen molar-refractivity contribution in [2.45, 2.75) is 32.9 Å². The number of hydrogen-bond donors (Lipinski definition) is 1. The van der Waals surface area contributed by atoms with Crippen molar-refractivity contribution in [3.63, 3.8) is 0 Å². The van der Waals surface area contributed by atoms with Gasteiger partial charge in [0.2, 0.25) is 11.6 Å². The maximum Gasteiger partial charge on any atom is 0.246 e. The predicted molar refractivity (Wildman–Crippen MR) is 125 cm³/mol. The third-order valence-electron chi connectivity index (χ3n) is 5.78. The second kappa shape index (κ2) is 9.25. The van der Waals surface area contributed by atoms with Crippen molar-refractivity contribution < 1.29 is 9.21 Å². The lowest BCUT2D eigenvalue weighted by Gasteiger charge is -2.25. The van der Waals surface area contributed by atoms with Crippen LogP contribution in [0.2, 0.25) is 0 Å². The third kappa shape index (κ3) is 4.51. The summed E-state index contributed by atoms with van der Waals surface area (Å²) in [4.78, 5) is 25.4. The molecule has 7 heteroatoms. The van der Waals surface area contributed by atoms with Crippen LogP contribution >= 0.6 is 0 Å². The van der Waals surface area contributed by atoms with Gasteiger partial charge in [-0.25, -0.2) is 9.97 Å². The Kier molecular flexibility index (Phi) is 6.24. The number of nitrogens with zero attached hydrogens (tertiary/aromatic N) is 4. The Labute approximate surface area is 188 Å². The summed E-state index contributed by atoms with van der Waals surface area (Å²) in [6.45, 7) is 6.02. The fourth-order valence-electron chi connectivity index (χ4n) is 3.67. The maximum absolute atomic E-state index is 12.7. The van der Waals surface area contributed by atoms with Crippen LogP contribution in [0.4, 0.5) is 11.5 Å². The van der Waals surface area contributed by atoms with Crippen LogP contribution in [0.25, 0.3) is 11.1 Å². The van der Waals surface area contributed by atoms with Gasteiger partial charge in [0.05, 0.1) is 11.9 Å². The number of fused-ring (bicyclic) bond motifs is 3. The molecule has 0 bridgehead atoms. The minimum absolute atomic E-state index is 0.0104. The zero-order chi connectivity index (χ0) is 22.7. The number of nitrogens with one attached hydrogen (secondary N) is 1. The first-order valence-electron chi connectivity index (χ1n) is 10.7. The maximum atomic E-state index is 12.7. The molecule has 2 aromatic heterocycles. The number of carbonyl (C=O) groups is 1. The molecule has 0 saturated heterocycles. The molecule has 0 atom stereocenters. The minimum atomic E-state index is -0.0104. The van der Waals surface area contributed by atoms with Crippen LogP contribution in [0, 0.1) is 12.3 Å². The average Bonchev–Trinajstić information content (AvgIpc) is 3.17. The summed E-state index contributed by atoms with van der Waals surface area (Å²) in [5, 5.41) is 4.19. The van der Waals surface area contributed by atoms with Crippen molar-refractivity contribution in [3.05, 3.63) is 59.6 Å². The molecule has 0 spiro atoms. The van der Waals surface area contributed by atoms with Crippen LogP contribution in [0.1, 0.15) is 30.7 Å². The number of carbonyl (C=O) groups excluding carboxylic acids is 1. The summed E-state index contributed by atoms with van der Waals surface area (Å²) in [6.07, 6.45) is 11.2. The molecule has 3 aromatic rings. The Morgan fingerprint density at radius 3 is 3.03 bits per heavy atom. The van der Waals surface area contributed by atoms with Gasteiger partial charge >= 0.3 is 0 Å². The zero-order valence-electron chi connectivity index (χ0n) is 18.6. The molecule has 0 radical (unpaired) electrons. The van der Waals surface area contributed by atoms with Crippen molar-refractivity contribution in [1.82, 2.24) is 19.8 Å². The van der Waals surface area contributed by atoms with Gasteiger partial charge in [-0.3, -0.25) is 4.79 Å². The first-order chi connectivity index (χ1) is 15.5. The lowest BCUT2D eigenvalue weighted by Crippen LogP contribution is -2.34. The Hall–Kier alpha value is -3.63. The summed E-state index contributed by atoms with van der Waals surface area (Å²) in [5.74, 6) is 4.06. The van der Waals surface area contributed by atoms with E-state index in [4.69, 9.17) is 10.8 Å². The molecule has 1 aliphatic rings. The molecular weight excluding hydrogens is 402 g/mol. The van der Waals surface area contributed by atoms with Crippen molar-refractivity contribution in [3.8, 4) is 12.3 Å². The topological polar surface area (TPSA) is 74.5 Å². The van der Waals surface area contributed by atoms with Crippen LogP contribution in [0.5, 0.6) is 0 Å². The molecule has 1 aromatic carbocycles. The van der Waals surface area contributed by atoms with Gasteiger partial charge in [-0.05, 0) is 45.5 Å². The Bertz CT molecular complexity index is 1200. The lowest BCUT2D eigenvalue weighted by molar-refractivity contribution is -0.127. The molecule has 1 aliphatic heterocycles. The number of terminal acetylenes is 1. The number of furan rings is 1. The molecule has 4 rings (SSSR count). The van der Waals surface area contributed by atoms with E-state index in [0.717, 1.165) is 34.5 Å². The third-order valence-corrected chi connectivity index (χ3v) is 5.78. The molecule has 0 aliphatic carbocycles. The number of likely N-dealkylation sites (N-methyl/N-ethyl adjacent to an activating group) is 1. The average molecular weight is 430 g/mol. The molecule has 164 valence electrons. The number of benzene rings is 1. The quantitative estimate of drug-likeness (QED) is 0.475. The van der Waals surface area contributed by atoms with E-state index in [1.807, 2.05) is 37.4 Å². The van der Waals surface area contributed by atoms with Crippen LogP contribution in [0.3, 0.4) is 0 Å². The number of rotatable bonds is 6. The van der Waals surface area contributed by atoms with E-state index in [1.165, 1.54) is 6.33 Å². The normalized spacial score (nSPS) is 13.7. The smallest absolute Gasteiger partial charge is 0.246 e. The summed E-state index contributed by atoms with van der Waals surface area (Å²) in [6, 6.07) is 8.04. The van der Waals surface area contributed by atoms with Gasteiger partial charge in [-0.2, -0.15) is 0 Å². The van der Waals surface area contributed by atoms with Crippen molar-refractivity contribution in [2.24, 2.45) is 0 Å². The molecule has 0 fully saturated rings. The fourth-order valence-corrected chi connectivity index (χ4v) is 3.67. The van der Waals surface area contributed by atoms with E-state index in [2.05, 4.69) is 40.0 Å². The van der Waals surface area contributed by atoms with Crippen molar-refractivity contribution >= 4 is 28.5 Å². The van der Waals surface area contributed by atoms with Gasteiger partial charge < -0.3 is 19.5 Å². The predicted octanol–water partition coefficient (Wildman–Crippen LogP) is 3.73. The zero-order valence-corrected chi connectivity index (χ0v) is 18.6. The van der Waals surface area contributed by atoms with Crippen LogP contribution in [-0.2, 0) is 17.8 Å². The lowest BCUT2D eigenvalue weighted by atomic mass is 10.0. The molecule has 3 heterocycles. The SMILES string of the molecule is C#Cc1cccc(Nc2ncnc3oc4c(c23)CCN(C(=O)/C=C/CN(C)C(C)C)C4)c1. The molecule has 32 heavy (non-hydrogen) atoms. The van der Waals surface area contributed by atoms with E-state index < -0.39 is 0 Å². The Morgan fingerprint density at radius 1 is 1.41 bits per heavy atom. The largest absolute Gasteiger partial charge is 0.440 e. The molecule has 0 saturated carbocycles. The van der Waals surface area contributed by atoms with Crippen LogP contribution in [-0.4, -0.2) is 51.9 Å². The van der Waals surface area contributed by atoms with E-state index in [0.29, 0.717) is 37.1 Å². The standard InChI is InChI=1S/C25H27N5O2/c1-5-18-8-6-9-19(14-18)28-24-23-20-11-13-30(15-21(20)32-25(23)27-16-26-24)22(31)10-7-12-29(4)17(2)3/h1,6-10,14,16-17H,11-13,15H2,2-4H3,(H,26,27,28)/b10-7+. The second-order valence-electron chi connectivity index (χ2n) is 8.20.